The largest absolute Gasteiger partial charge is 0.432 e. The van der Waals surface area contributed by atoms with Crippen molar-refractivity contribution >= 4 is 0 Å². The van der Waals surface area contributed by atoms with E-state index in [-0.39, 0.29) is 0 Å². The van der Waals surface area contributed by atoms with Crippen molar-refractivity contribution in [3.05, 3.63) is 47.5 Å². The topological polar surface area (TPSA) is 37.9 Å². The maximum Gasteiger partial charge on any atom is 0.387 e. The number of aromatic nitrogens is 2. The number of nitrogens with zero attached hydrogens (tertiary/aromatic N) is 1. The Labute approximate surface area is 95.2 Å². The van der Waals surface area contributed by atoms with Crippen molar-refractivity contribution in [3.63, 3.8) is 0 Å². The molecule has 1 heterocycles. The first-order valence-electron chi connectivity index (χ1n) is 4.86. The summed E-state index contributed by atoms with van der Waals surface area (Å²) in [6, 6.07) is 3.88. The van der Waals surface area contributed by atoms with Gasteiger partial charge in [-0.2, -0.15) is 13.9 Å². The zero-order chi connectivity index (χ0) is 12.3. The van der Waals surface area contributed by atoms with E-state index in [1.54, 1.807) is 12.4 Å². The van der Waals surface area contributed by atoms with Crippen molar-refractivity contribution in [3.8, 4) is 5.75 Å². The molecule has 0 amide bonds. The second-order valence-electron chi connectivity index (χ2n) is 3.43. The lowest BCUT2D eigenvalue weighted by atomic mass is 10.1. The SMILES string of the molecule is Fc1ccc(Cc2cn[nH]c2)cc1OC(F)F. The maximum absolute atomic E-state index is 13.1. The van der Waals surface area contributed by atoms with E-state index in [2.05, 4.69) is 14.9 Å². The van der Waals surface area contributed by atoms with Crippen LogP contribution in [0.15, 0.2) is 30.6 Å². The van der Waals surface area contributed by atoms with Gasteiger partial charge in [0.15, 0.2) is 11.6 Å². The molecule has 17 heavy (non-hydrogen) atoms. The zero-order valence-electron chi connectivity index (χ0n) is 8.66. The molecule has 0 spiro atoms. The summed E-state index contributed by atoms with van der Waals surface area (Å²) in [6.45, 7) is -3.03. The first kappa shape index (κ1) is 11.5. The first-order valence-corrected chi connectivity index (χ1v) is 4.86. The fourth-order valence-electron chi connectivity index (χ4n) is 1.45. The second kappa shape index (κ2) is 4.90. The molecule has 6 heteroatoms. The molecule has 1 N–H and O–H groups in total. The summed E-state index contributed by atoms with van der Waals surface area (Å²) in [6.07, 6.45) is 3.75. The average molecular weight is 242 g/mol. The molecule has 2 aromatic rings. The quantitative estimate of drug-likeness (QED) is 0.895. The molecular weight excluding hydrogens is 233 g/mol. The van der Waals surface area contributed by atoms with Crippen molar-refractivity contribution in [2.45, 2.75) is 13.0 Å². The number of halogens is 3. The van der Waals surface area contributed by atoms with E-state index in [9.17, 15) is 13.2 Å². The van der Waals surface area contributed by atoms with E-state index in [0.717, 1.165) is 11.6 Å². The van der Waals surface area contributed by atoms with Crippen LogP contribution in [0.2, 0.25) is 0 Å². The second-order valence-corrected chi connectivity index (χ2v) is 3.43. The van der Waals surface area contributed by atoms with Gasteiger partial charge >= 0.3 is 6.61 Å². The van der Waals surface area contributed by atoms with E-state index in [1.165, 1.54) is 12.1 Å². The van der Waals surface area contributed by atoms with Crippen LogP contribution in [0, 0.1) is 5.82 Å². The van der Waals surface area contributed by atoms with Crippen LogP contribution in [0.3, 0.4) is 0 Å². The first-order chi connectivity index (χ1) is 8.15. The Hall–Kier alpha value is -1.98. The molecule has 0 fully saturated rings. The molecule has 0 aliphatic heterocycles. The van der Waals surface area contributed by atoms with Gasteiger partial charge in [-0.15, -0.1) is 0 Å². The van der Waals surface area contributed by atoms with Gasteiger partial charge < -0.3 is 4.74 Å². The van der Waals surface area contributed by atoms with Gasteiger partial charge in [-0.1, -0.05) is 6.07 Å². The number of hydrogen-bond acceptors (Lipinski definition) is 2. The van der Waals surface area contributed by atoms with Crippen molar-refractivity contribution < 1.29 is 17.9 Å². The minimum atomic E-state index is -3.03. The lowest BCUT2D eigenvalue weighted by Crippen LogP contribution is -2.04. The van der Waals surface area contributed by atoms with Crippen LogP contribution < -0.4 is 4.74 Å². The number of nitrogens with one attached hydrogen (secondary N) is 1. The van der Waals surface area contributed by atoms with Crippen LogP contribution in [-0.4, -0.2) is 16.8 Å². The Morgan fingerprint density at radius 3 is 2.76 bits per heavy atom. The van der Waals surface area contributed by atoms with Gasteiger partial charge in [-0.05, 0) is 23.3 Å². The number of aromatic amines is 1. The fraction of sp³-hybridized carbons (Fsp3) is 0.182. The van der Waals surface area contributed by atoms with Gasteiger partial charge in [0.05, 0.1) is 6.20 Å². The Morgan fingerprint density at radius 2 is 2.12 bits per heavy atom. The standard InChI is InChI=1S/C11H9F3N2O/c12-9-2-1-7(3-8-5-15-16-6-8)4-10(9)17-11(13)14/h1-2,4-6,11H,3H2,(H,15,16). The molecule has 90 valence electrons. The summed E-state index contributed by atoms with van der Waals surface area (Å²) in [5.41, 5.74) is 1.54. The van der Waals surface area contributed by atoms with Crippen LogP contribution in [0.4, 0.5) is 13.2 Å². The van der Waals surface area contributed by atoms with E-state index in [0.29, 0.717) is 12.0 Å². The van der Waals surface area contributed by atoms with Crippen LogP contribution in [0.5, 0.6) is 5.75 Å². The lowest BCUT2D eigenvalue weighted by Gasteiger charge is -2.07. The van der Waals surface area contributed by atoms with Gasteiger partial charge in [-0.3, -0.25) is 5.10 Å². The minimum Gasteiger partial charge on any atom is -0.432 e. The predicted octanol–water partition coefficient (Wildman–Crippen LogP) is 2.74. The van der Waals surface area contributed by atoms with Crippen molar-refractivity contribution in [1.29, 1.82) is 0 Å². The highest BCUT2D eigenvalue weighted by Crippen LogP contribution is 2.22. The molecule has 2 rings (SSSR count). The molecule has 0 bridgehead atoms. The van der Waals surface area contributed by atoms with E-state index >= 15 is 0 Å². The van der Waals surface area contributed by atoms with E-state index in [1.807, 2.05) is 0 Å². The summed E-state index contributed by atoms with van der Waals surface area (Å²) < 4.78 is 41.2. The molecular formula is C11H9F3N2O. The van der Waals surface area contributed by atoms with E-state index in [4.69, 9.17) is 0 Å². The molecule has 0 unspecified atom stereocenters. The van der Waals surface area contributed by atoms with Gasteiger partial charge in [-0.25, -0.2) is 4.39 Å². The summed E-state index contributed by atoms with van der Waals surface area (Å²) in [5, 5.41) is 6.39. The fourth-order valence-corrected chi connectivity index (χ4v) is 1.45. The number of hydrogen-bond donors (Lipinski definition) is 1. The maximum atomic E-state index is 13.1. The smallest absolute Gasteiger partial charge is 0.387 e. The molecule has 0 atom stereocenters. The monoisotopic (exact) mass is 242 g/mol. The molecule has 0 saturated carbocycles. The van der Waals surface area contributed by atoms with E-state index < -0.39 is 18.2 Å². The van der Waals surface area contributed by atoms with Gasteiger partial charge in [0, 0.05) is 12.6 Å². The third-order valence-electron chi connectivity index (χ3n) is 2.17. The Bertz CT molecular complexity index is 485. The van der Waals surface area contributed by atoms with Crippen LogP contribution in [0.1, 0.15) is 11.1 Å². The summed E-state index contributed by atoms with van der Waals surface area (Å²) in [5.74, 6) is -1.25. The minimum absolute atomic E-state index is 0.444. The van der Waals surface area contributed by atoms with Crippen molar-refractivity contribution in [2.75, 3.05) is 0 Å². The highest BCUT2D eigenvalue weighted by Gasteiger charge is 2.10. The predicted molar refractivity (Wildman–Crippen MR) is 54.4 cm³/mol. The Balaban J connectivity index is 2.18. The Morgan fingerprint density at radius 1 is 1.29 bits per heavy atom. The molecule has 1 aromatic heterocycles. The number of H-pyrrole nitrogens is 1. The van der Waals surface area contributed by atoms with Crippen molar-refractivity contribution in [1.82, 2.24) is 10.2 Å². The zero-order valence-corrected chi connectivity index (χ0v) is 8.66. The van der Waals surface area contributed by atoms with Crippen molar-refractivity contribution in [2.24, 2.45) is 0 Å². The third kappa shape index (κ3) is 2.99. The summed E-state index contributed by atoms with van der Waals surface area (Å²) in [4.78, 5) is 0. The average Bonchev–Trinajstić information content (AvgIpc) is 2.75. The summed E-state index contributed by atoms with van der Waals surface area (Å²) >= 11 is 0. The van der Waals surface area contributed by atoms with Gasteiger partial charge in [0.1, 0.15) is 0 Å². The molecule has 0 saturated heterocycles. The van der Waals surface area contributed by atoms with Gasteiger partial charge in [0.2, 0.25) is 0 Å². The molecule has 1 aromatic carbocycles. The normalized spacial score (nSPS) is 10.8. The number of alkyl halides is 2. The highest BCUT2D eigenvalue weighted by atomic mass is 19.3. The van der Waals surface area contributed by atoms with Gasteiger partial charge in [0.25, 0.3) is 0 Å². The highest BCUT2D eigenvalue weighted by molar-refractivity contribution is 5.33. The summed E-state index contributed by atoms with van der Waals surface area (Å²) in [7, 11) is 0. The Kier molecular flexibility index (Phi) is 3.32. The number of benzene rings is 1. The molecule has 3 nitrogen and oxygen atoms in total. The molecule has 0 radical (unpaired) electrons. The lowest BCUT2D eigenvalue weighted by molar-refractivity contribution is -0.0522. The molecule has 0 aliphatic rings. The third-order valence-corrected chi connectivity index (χ3v) is 2.17. The number of ether oxygens (including phenoxy) is 1. The van der Waals surface area contributed by atoms with Crippen LogP contribution in [-0.2, 0) is 6.42 Å². The van der Waals surface area contributed by atoms with Crippen LogP contribution in [0.25, 0.3) is 0 Å². The number of rotatable bonds is 4. The molecule has 0 aliphatic carbocycles. The van der Waals surface area contributed by atoms with Crippen LogP contribution >= 0.6 is 0 Å².